The third kappa shape index (κ3) is 1.69. The molecule has 0 atom stereocenters. The molecule has 1 N–H and O–H groups in total. The first kappa shape index (κ1) is 10.0. The fourth-order valence-electron chi connectivity index (χ4n) is 2.01. The molecule has 0 spiro atoms. The largest absolute Gasteiger partial charge is 0.353 e. The number of amides is 1. The highest BCUT2D eigenvalue weighted by Gasteiger charge is 2.20. The Morgan fingerprint density at radius 3 is 3.12 bits per heavy atom. The summed E-state index contributed by atoms with van der Waals surface area (Å²) in [6, 6.07) is 0. The van der Waals surface area contributed by atoms with Crippen molar-refractivity contribution in [3.8, 4) is 0 Å². The van der Waals surface area contributed by atoms with Crippen molar-refractivity contribution in [2.24, 2.45) is 7.05 Å². The molecule has 1 saturated heterocycles. The fourth-order valence-corrected chi connectivity index (χ4v) is 2.01. The number of nitrogens with one attached hydrogen (secondary N) is 1. The number of rotatable bonds is 1. The van der Waals surface area contributed by atoms with Crippen LogP contribution < -0.4 is 10.2 Å². The summed E-state index contributed by atoms with van der Waals surface area (Å²) in [7, 11) is 1.84. The van der Waals surface area contributed by atoms with Crippen LogP contribution in [0, 0.1) is 0 Å². The van der Waals surface area contributed by atoms with E-state index >= 15 is 0 Å². The number of piperazine rings is 1. The molecule has 3 rings (SSSR count). The molecule has 7 heteroatoms. The summed E-state index contributed by atoms with van der Waals surface area (Å²) in [5.41, 5.74) is 0.656. The maximum atomic E-state index is 11.4. The number of carbonyl (C=O) groups is 1. The fraction of sp³-hybridized carbons (Fsp3) is 0.400. The molecule has 1 fully saturated rings. The summed E-state index contributed by atoms with van der Waals surface area (Å²) < 4.78 is 1.70. The SMILES string of the molecule is Cn1cc2c(N3CCNC(=O)C3)ncnc2n1. The van der Waals surface area contributed by atoms with Gasteiger partial charge in [-0.2, -0.15) is 5.10 Å². The monoisotopic (exact) mass is 232 g/mol. The van der Waals surface area contributed by atoms with Gasteiger partial charge in [0, 0.05) is 26.3 Å². The molecule has 0 radical (unpaired) electrons. The summed E-state index contributed by atoms with van der Waals surface area (Å²) >= 11 is 0. The number of fused-ring (bicyclic) bond motifs is 1. The molecule has 2 aromatic rings. The Kier molecular flexibility index (Phi) is 2.17. The Morgan fingerprint density at radius 2 is 2.29 bits per heavy atom. The molecular weight excluding hydrogens is 220 g/mol. The van der Waals surface area contributed by atoms with Crippen LogP contribution in [0.2, 0.25) is 0 Å². The molecule has 1 aliphatic rings. The number of nitrogens with zero attached hydrogens (tertiary/aromatic N) is 5. The Labute approximate surface area is 97.4 Å². The average Bonchev–Trinajstić information content (AvgIpc) is 2.68. The normalized spacial score (nSPS) is 16.3. The highest BCUT2D eigenvalue weighted by atomic mass is 16.2. The molecule has 0 aromatic carbocycles. The van der Waals surface area contributed by atoms with Gasteiger partial charge < -0.3 is 10.2 Å². The second-order valence-corrected chi connectivity index (χ2v) is 4.01. The van der Waals surface area contributed by atoms with Crippen LogP contribution in [-0.4, -0.2) is 45.3 Å². The van der Waals surface area contributed by atoms with E-state index in [4.69, 9.17) is 0 Å². The van der Waals surface area contributed by atoms with E-state index in [1.165, 1.54) is 6.33 Å². The Hall–Kier alpha value is -2.18. The summed E-state index contributed by atoms with van der Waals surface area (Å²) in [5.74, 6) is 0.796. The molecule has 3 heterocycles. The summed E-state index contributed by atoms with van der Waals surface area (Å²) in [4.78, 5) is 21.7. The van der Waals surface area contributed by atoms with Gasteiger partial charge in [0.15, 0.2) is 5.65 Å². The van der Waals surface area contributed by atoms with Gasteiger partial charge in [-0.15, -0.1) is 0 Å². The predicted octanol–water partition coefficient (Wildman–Crippen LogP) is -0.701. The minimum atomic E-state index is 0.0203. The van der Waals surface area contributed by atoms with Crippen molar-refractivity contribution in [2.45, 2.75) is 0 Å². The lowest BCUT2D eigenvalue weighted by molar-refractivity contribution is -0.120. The highest BCUT2D eigenvalue weighted by Crippen LogP contribution is 2.21. The molecule has 7 nitrogen and oxygen atoms in total. The number of hydrogen-bond acceptors (Lipinski definition) is 5. The molecule has 0 aliphatic carbocycles. The van der Waals surface area contributed by atoms with Crippen LogP contribution in [0.15, 0.2) is 12.5 Å². The van der Waals surface area contributed by atoms with Crippen molar-refractivity contribution < 1.29 is 4.79 Å². The molecule has 17 heavy (non-hydrogen) atoms. The van der Waals surface area contributed by atoms with Crippen molar-refractivity contribution in [3.05, 3.63) is 12.5 Å². The molecule has 1 aliphatic heterocycles. The molecule has 0 saturated carbocycles. The lowest BCUT2D eigenvalue weighted by Crippen LogP contribution is -2.48. The van der Waals surface area contributed by atoms with Gasteiger partial charge in [-0.05, 0) is 0 Å². The van der Waals surface area contributed by atoms with Crippen LogP contribution in [-0.2, 0) is 11.8 Å². The smallest absolute Gasteiger partial charge is 0.239 e. The third-order valence-corrected chi connectivity index (χ3v) is 2.75. The lowest BCUT2D eigenvalue weighted by Gasteiger charge is -2.27. The van der Waals surface area contributed by atoms with E-state index in [1.54, 1.807) is 4.68 Å². The van der Waals surface area contributed by atoms with Gasteiger partial charge in [-0.25, -0.2) is 9.97 Å². The second kappa shape index (κ2) is 3.69. The van der Waals surface area contributed by atoms with E-state index in [0.717, 1.165) is 17.7 Å². The summed E-state index contributed by atoms with van der Waals surface area (Å²) in [6.07, 6.45) is 3.36. The standard InChI is InChI=1S/C10H12N6O/c1-15-4-7-9(14-15)12-6-13-10(7)16-3-2-11-8(17)5-16/h4,6H,2-3,5H2,1H3,(H,11,17). The highest BCUT2D eigenvalue weighted by molar-refractivity contribution is 5.90. The quantitative estimate of drug-likeness (QED) is 0.703. The van der Waals surface area contributed by atoms with Crippen LogP contribution in [0.1, 0.15) is 0 Å². The van der Waals surface area contributed by atoms with Gasteiger partial charge >= 0.3 is 0 Å². The van der Waals surface area contributed by atoms with Crippen molar-refractivity contribution in [2.75, 3.05) is 24.5 Å². The van der Waals surface area contributed by atoms with Crippen molar-refractivity contribution in [1.82, 2.24) is 25.1 Å². The Bertz CT molecular complexity index is 577. The first-order valence-electron chi connectivity index (χ1n) is 5.40. The first-order chi connectivity index (χ1) is 8.24. The van der Waals surface area contributed by atoms with E-state index in [-0.39, 0.29) is 5.91 Å². The number of aromatic nitrogens is 4. The van der Waals surface area contributed by atoms with E-state index in [2.05, 4.69) is 20.4 Å². The van der Waals surface area contributed by atoms with Crippen LogP contribution >= 0.6 is 0 Å². The van der Waals surface area contributed by atoms with Gasteiger partial charge in [-0.1, -0.05) is 0 Å². The van der Waals surface area contributed by atoms with Crippen LogP contribution in [0.5, 0.6) is 0 Å². The molecular formula is C10H12N6O. The zero-order chi connectivity index (χ0) is 11.8. The van der Waals surface area contributed by atoms with Gasteiger partial charge in [0.1, 0.15) is 12.1 Å². The lowest BCUT2D eigenvalue weighted by atomic mass is 10.3. The van der Waals surface area contributed by atoms with Crippen molar-refractivity contribution in [3.63, 3.8) is 0 Å². The van der Waals surface area contributed by atoms with Crippen molar-refractivity contribution in [1.29, 1.82) is 0 Å². The maximum Gasteiger partial charge on any atom is 0.239 e. The van der Waals surface area contributed by atoms with Crippen LogP contribution in [0.4, 0.5) is 5.82 Å². The minimum absolute atomic E-state index is 0.0203. The van der Waals surface area contributed by atoms with Gasteiger partial charge in [-0.3, -0.25) is 9.48 Å². The third-order valence-electron chi connectivity index (χ3n) is 2.75. The van der Waals surface area contributed by atoms with E-state index in [9.17, 15) is 4.79 Å². The van der Waals surface area contributed by atoms with E-state index < -0.39 is 0 Å². The minimum Gasteiger partial charge on any atom is -0.353 e. The predicted molar refractivity (Wildman–Crippen MR) is 61.5 cm³/mol. The zero-order valence-electron chi connectivity index (χ0n) is 9.42. The summed E-state index contributed by atoms with van der Waals surface area (Å²) in [5, 5.41) is 7.90. The first-order valence-corrected chi connectivity index (χ1v) is 5.40. The zero-order valence-corrected chi connectivity index (χ0v) is 9.42. The number of hydrogen-bond donors (Lipinski definition) is 1. The Morgan fingerprint density at radius 1 is 1.41 bits per heavy atom. The van der Waals surface area contributed by atoms with Gasteiger partial charge in [0.2, 0.25) is 5.91 Å². The number of aryl methyl sites for hydroxylation is 1. The summed E-state index contributed by atoms with van der Waals surface area (Å²) in [6.45, 7) is 1.73. The molecule has 2 aromatic heterocycles. The number of anilines is 1. The maximum absolute atomic E-state index is 11.4. The average molecular weight is 232 g/mol. The molecule has 88 valence electrons. The van der Waals surface area contributed by atoms with Gasteiger partial charge in [0.05, 0.1) is 11.9 Å². The second-order valence-electron chi connectivity index (χ2n) is 4.01. The van der Waals surface area contributed by atoms with E-state index in [1.807, 2.05) is 18.1 Å². The van der Waals surface area contributed by atoms with E-state index in [0.29, 0.717) is 18.7 Å². The number of carbonyl (C=O) groups excluding carboxylic acids is 1. The molecule has 1 amide bonds. The molecule has 0 unspecified atom stereocenters. The van der Waals surface area contributed by atoms with Crippen molar-refractivity contribution >= 4 is 22.8 Å². The Balaban J connectivity index is 2.06. The van der Waals surface area contributed by atoms with Crippen LogP contribution in [0.25, 0.3) is 11.0 Å². The van der Waals surface area contributed by atoms with Gasteiger partial charge in [0.25, 0.3) is 0 Å². The topological polar surface area (TPSA) is 75.9 Å². The van der Waals surface area contributed by atoms with Crippen LogP contribution in [0.3, 0.4) is 0 Å². The molecule has 0 bridgehead atoms.